The van der Waals surface area contributed by atoms with E-state index in [1.54, 1.807) is 7.11 Å². The molecule has 0 spiro atoms. The summed E-state index contributed by atoms with van der Waals surface area (Å²) in [5.74, 6) is 0.468. The SMILES string of the molecule is CCC(N)(CC(=O)OC)c1ccc(OC)cc1. The zero-order valence-electron chi connectivity index (χ0n) is 10.5. The second kappa shape index (κ2) is 5.68. The van der Waals surface area contributed by atoms with E-state index in [1.165, 1.54) is 7.11 Å². The van der Waals surface area contributed by atoms with Crippen LogP contribution in [0, 0.1) is 0 Å². The van der Waals surface area contributed by atoms with Crippen LogP contribution in [-0.4, -0.2) is 20.2 Å². The van der Waals surface area contributed by atoms with Crippen molar-refractivity contribution in [1.82, 2.24) is 0 Å². The maximum atomic E-state index is 11.4. The number of carbonyl (C=O) groups is 1. The highest BCUT2D eigenvalue weighted by molar-refractivity contribution is 5.71. The fourth-order valence-electron chi connectivity index (χ4n) is 1.68. The molecule has 94 valence electrons. The van der Waals surface area contributed by atoms with E-state index in [9.17, 15) is 4.79 Å². The number of ether oxygens (including phenoxy) is 2. The van der Waals surface area contributed by atoms with Gasteiger partial charge < -0.3 is 15.2 Å². The highest BCUT2D eigenvalue weighted by Gasteiger charge is 2.28. The molecule has 0 saturated carbocycles. The van der Waals surface area contributed by atoms with Gasteiger partial charge >= 0.3 is 5.97 Å². The number of hydrogen-bond donors (Lipinski definition) is 1. The molecule has 4 nitrogen and oxygen atoms in total. The van der Waals surface area contributed by atoms with E-state index < -0.39 is 5.54 Å². The van der Waals surface area contributed by atoms with E-state index in [0.717, 1.165) is 11.3 Å². The average molecular weight is 237 g/mol. The van der Waals surface area contributed by atoms with Crippen LogP contribution in [0.15, 0.2) is 24.3 Å². The molecule has 0 radical (unpaired) electrons. The molecule has 1 aromatic carbocycles. The molecule has 0 fully saturated rings. The molecule has 0 aromatic heterocycles. The fraction of sp³-hybridized carbons (Fsp3) is 0.462. The Kier molecular flexibility index (Phi) is 4.52. The summed E-state index contributed by atoms with van der Waals surface area (Å²) in [6.07, 6.45) is 0.834. The van der Waals surface area contributed by atoms with Gasteiger partial charge in [0.15, 0.2) is 0 Å². The Bertz CT molecular complexity index is 375. The van der Waals surface area contributed by atoms with Crippen LogP contribution in [0.5, 0.6) is 5.75 Å². The molecule has 0 aliphatic carbocycles. The molecule has 0 amide bonds. The van der Waals surface area contributed by atoms with Gasteiger partial charge in [-0.1, -0.05) is 19.1 Å². The van der Waals surface area contributed by atoms with Crippen molar-refractivity contribution >= 4 is 5.97 Å². The third-order valence-corrected chi connectivity index (χ3v) is 2.98. The molecule has 1 rings (SSSR count). The van der Waals surface area contributed by atoms with Gasteiger partial charge in [0, 0.05) is 0 Å². The minimum atomic E-state index is -0.681. The largest absolute Gasteiger partial charge is 0.497 e. The predicted molar refractivity (Wildman–Crippen MR) is 65.8 cm³/mol. The third-order valence-electron chi connectivity index (χ3n) is 2.98. The van der Waals surface area contributed by atoms with E-state index >= 15 is 0 Å². The van der Waals surface area contributed by atoms with Crippen molar-refractivity contribution in [3.63, 3.8) is 0 Å². The molecule has 1 atom stereocenters. The maximum Gasteiger partial charge on any atom is 0.307 e. The molecule has 1 unspecified atom stereocenters. The zero-order chi connectivity index (χ0) is 12.9. The molecule has 1 aromatic rings. The number of esters is 1. The van der Waals surface area contributed by atoms with Gasteiger partial charge in [0.1, 0.15) is 5.75 Å². The summed E-state index contributed by atoms with van der Waals surface area (Å²) in [5, 5.41) is 0. The minimum absolute atomic E-state index is 0.173. The highest BCUT2D eigenvalue weighted by atomic mass is 16.5. The number of benzene rings is 1. The maximum absolute atomic E-state index is 11.4. The van der Waals surface area contributed by atoms with Gasteiger partial charge in [-0.05, 0) is 24.1 Å². The van der Waals surface area contributed by atoms with Gasteiger partial charge in [0.2, 0.25) is 0 Å². The van der Waals surface area contributed by atoms with Crippen molar-refractivity contribution in [3.05, 3.63) is 29.8 Å². The Morgan fingerprint density at radius 3 is 2.29 bits per heavy atom. The molecule has 2 N–H and O–H groups in total. The smallest absolute Gasteiger partial charge is 0.307 e. The Morgan fingerprint density at radius 2 is 1.88 bits per heavy atom. The first kappa shape index (κ1) is 13.5. The Labute approximate surface area is 102 Å². The van der Waals surface area contributed by atoms with Crippen LogP contribution in [0.3, 0.4) is 0 Å². The van der Waals surface area contributed by atoms with Gasteiger partial charge in [0.05, 0.1) is 26.2 Å². The van der Waals surface area contributed by atoms with Crippen molar-refractivity contribution in [1.29, 1.82) is 0 Å². The number of nitrogens with two attached hydrogens (primary N) is 1. The second-order valence-electron chi connectivity index (χ2n) is 3.99. The molecule has 0 bridgehead atoms. The van der Waals surface area contributed by atoms with Gasteiger partial charge in [-0.15, -0.1) is 0 Å². The minimum Gasteiger partial charge on any atom is -0.497 e. The summed E-state index contributed by atoms with van der Waals surface area (Å²) < 4.78 is 9.76. The predicted octanol–water partition coefficient (Wildman–Crippen LogP) is 1.82. The summed E-state index contributed by atoms with van der Waals surface area (Å²) in [5.41, 5.74) is 6.47. The standard InChI is InChI=1S/C13H19NO3/c1-4-13(14,9-12(15)17-3)10-5-7-11(16-2)8-6-10/h5-8H,4,9,14H2,1-3H3. The summed E-state index contributed by atoms with van der Waals surface area (Å²) in [7, 11) is 2.98. The van der Waals surface area contributed by atoms with E-state index in [1.807, 2.05) is 31.2 Å². The van der Waals surface area contributed by atoms with Gasteiger partial charge in [-0.25, -0.2) is 0 Å². The van der Waals surface area contributed by atoms with Crippen LogP contribution in [0.2, 0.25) is 0 Å². The zero-order valence-corrected chi connectivity index (χ0v) is 10.5. The van der Waals surface area contributed by atoms with Crippen molar-refractivity contribution in [2.45, 2.75) is 25.3 Å². The molecule has 4 heteroatoms. The van der Waals surface area contributed by atoms with Gasteiger partial charge in [-0.2, -0.15) is 0 Å². The quantitative estimate of drug-likeness (QED) is 0.793. The number of methoxy groups -OCH3 is 2. The monoisotopic (exact) mass is 237 g/mol. The Balaban J connectivity index is 2.94. The van der Waals surface area contributed by atoms with Crippen LogP contribution >= 0.6 is 0 Å². The first-order valence-corrected chi connectivity index (χ1v) is 5.56. The lowest BCUT2D eigenvalue weighted by Crippen LogP contribution is -2.38. The van der Waals surface area contributed by atoms with Crippen molar-refractivity contribution < 1.29 is 14.3 Å². The summed E-state index contributed by atoms with van der Waals surface area (Å²) in [4.78, 5) is 11.4. The topological polar surface area (TPSA) is 61.6 Å². The van der Waals surface area contributed by atoms with Crippen molar-refractivity contribution in [2.24, 2.45) is 5.73 Å². The summed E-state index contributed by atoms with van der Waals surface area (Å²) in [6, 6.07) is 7.43. The van der Waals surface area contributed by atoms with Crippen molar-refractivity contribution in [2.75, 3.05) is 14.2 Å². The average Bonchev–Trinajstić information content (AvgIpc) is 2.38. The number of hydrogen-bond acceptors (Lipinski definition) is 4. The summed E-state index contributed by atoms with van der Waals surface area (Å²) >= 11 is 0. The molecule has 0 saturated heterocycles. The van der Waals surface area contributed by atoms with E-state index in [0.29, 0.717) is 6.42 Å². The number of carbonyl (C=O) groups excluding carboxylic acids is 1. The fourth-order valence-corrected chi connectivity index (χ4v) is 1.68. The lowest BCUT2D eigenvalue weighted by Gasteiger charge is -2.27. The van der Waals surface area contributed by atoms with Crippen LogP contribution in [0.1, 0.15) is 25.3 Å². The van der Waals surface area contributed by atoms with Gasteiger partial charge in [-0.3, -0.25) is 4.79 Å². The van der Waals surface area contributed by atoms with Crippen LogP contribution < -0.4 is 10.5 Å². The lowest BCUT2D eigenvalue weighted by atomic mass is 9.85. The van der Waals surface area contributed by atoms with Crippen LogP contribution in [-0.2, 0) is 15.1 Å². The Morgan fingerprint density at radius 1 is 1.29 bits per heavy atom. The van der Waals surface area contributed by atoms with E-state index in [-0.39, 0.29) is 12.4 Å². The molecule has 0 aliphatic heterocycles. The molecular formula is C13H19NO3. The number of rotatable bonds is 5. The van der Waals surface area contributed by atoms with Gasteiger partial charge in [0.25, 0.3) is 0 Å². The lowest BCUT2D eigenvalue weighted by molar-refractivity contribution is -0.142. The van der Waals surface area contributed by atoms with Crippen molar-refractivity contribution in [3.8, 4) is 5.75 Å². The first-order chi connectivity index (χ1) is 8.05. The highest BCUT2D eigenvalue weighted by Crippen LogP contribution is 2.27. The molecular weight excluding hydrogens is 218 g/mol. The van der Waals surface area contributed by atoms with Crippen LogP contribution in [0.25, 0.3) is 0 Å². The van der Waals surface area contributed by atoms with Crippen LogP contribution in [0.4, 0.5) is 0 Å². The van der Waals surface area contributed by atoms with E-state index in [2.05, 4.69) is 4.74 Å². The first-order valence-electron chi connectivity index (χ1n) is 5.56. The normalized spacial score (nSPS) is 13.9. The molecule has 0 heterocycles. The second-order valence-corrected chi connectivity index (χ2v) is 3.99. The Hall–Kier alpha value is -1.55. The molecule has 17 heavy (non-hydrogen) atoms. The van der Waals surface area contributed by atoms with E-state index in [4.69, 9.17) is 10.5 Å². The third kappa shape index (κ3) is 3.20. The summed E-state index contributed by atoms with van der Waals surface area (Å²) in [6.45, 7) is 1.95. The molecule has 0 aliphatic rings.